The number of aromatic hydroxyl groups is 1. The van der Waals surface area contributed by atoms with Crippen LogP contribution in [0.3, 0.4) is 0 Å². The quantitative estimate of drug-likeness (QED) is 0.809. The van der Waals surface area contributed by atoms with E-state index in [9.17, 15) is 9.90 Å². The second-order valence-corrected chi connectivity index (χ2v) is 5.02. The molecule has 1 heterocycles. The van der Waals surface area contributed by atoms with Crippen molar-refractivity contribution in [3.8, 4) is 5.75 Å². The van der Waals surface area contributed by atoms with E-state index in [2.05, 4.69) is 10.5 Å². The fourth-order valence-electron chi connectivity index (χ4n) is 2.07. The minimum atomic E-state index is -1.09. The maximum Gasteiger partial charge on any atom is 0.335 e. The SMILES string of the molecule is O=C(O)c1ccc(O)c(C2=NC(c3ccccc3Cl)ON2)c1. The minimum Gasteiger partial charge on any atom is -0.507 e. The number of carboxylic acid groups (broad SMARTS) is 1. The van der Waals surface area contributed by atoms with Crippen molar-refractivity contribution in [2.24, 2.45) is 4.99 Å². The van der Waals surface area contributed by atoms with Gasteiger partial charge >= 0.3 is 5.97 Å². The Morgan fingerprint density at radius 2 is 2.05 bits per heavy atom. The molecule has 1 atom stereocenters. The lowest BCUT2D eigenvalue weighted by Gasteiger charge is -2.07. The minimum absolute atomic E-state index is 0.0403. The second-order valence-electron chi connectivity index (χ2n) is 4.61. The van der Waals surface area contributed by atoms with E-state index in [0.717, 1.165) is 0 Å². The molecule has 7 heteroatoms. The summed E-state index contributed by atoms with van der Waals surface area (Å²) >= 11 is 6.09. The molecule has 0 bridgehead atoms. The van der Waals surface area contributed by atoms with Gasteiger partial charge in [-0.15, -0.1) is 0 Å². The van der Waals surface area contributed by atoms with Crippen LogP contribution in [0.4, 0.5) is 0 Å². The number of halogens is 1. The molecule has 0 fully saturated rings. The zero-order chi connectivity index (χ0) is 15.7. The molecule has 0 aromatic heterocycles. The van der Waals surface area contributed by atoms with Crippen molar-refractivity contribution in [1.82, 2.24) is 5.48 Å². The van der Waals surface area contributed by atoms with Crippen LogP contribution in [0.25, 0.3) is 0 Å². The molecular weight excluding hydrogens is 308 g/mol. The average molecular weight is 319 g/mol. The number of aromatic carboxylic acids is 1. The van der Waals surface area contributed by atoms with Crippen LogP contribution >= 0.6 is 11.6 Å². The van der Waals surface area contributed by atoms with Crippen molar-refractivity contribution in [2.45, 2.75) is 6.23 Å². The lowest BCUT2D eigenvalue weighted by atomic mass is 10.1. The Kier molecular flexibility index (Phi) is 3.70. The molecule has 2 aromatic carbocycles. The van der Waals surface area contributed by atoms with Gasteiger partial charge in [0.25, 0.3) is 0 Å². The topological polar surface area (TPSA) is 91.2 Å². The van der Waals surface area contributed by atoms with Crippen molar-refractivity contribution in [3.63, 3.8) is 0 Å². The molecule has 1 unspecified atom stereocenters. The normalized spacial score (nSPS) is 17.0. The third-order valence-corrected chi connectivity index (χ3v) is 3.53. The lowest BCUT2D eigenvalue weighted by Crippen LogP contribution is -2.18. The highest BCUT2D eigenvalue weighted by Crippen LogP contribution is 2.30. The largest absolute Gasteiger partial charge is 0.507 e. The Balaban J connectivity index is 1.97. The fraction of sp³-hybridized carbons (Fsp3) is 0.0667. The molecule has 22 heavy (non-hydrogen) atoms. The highest BCUT2D eigenvalue weighted by molar-refractivity contribution is 6.31. The Morgan fingerprint density at radius 3 is 2.77 bits per heavy atom. The zero-order valence-electron chi connectivity index (χ0n) is 11.2. The molecule has 0 aliphatic carbocycles. The second kappa shape index (κ2) is 5.67. The van der Waals surface area contributed by atoms with E-state index in [1.54, 1.807) is 24.3 Å². The Hall–Kier alpha value is -2.57. The molecule has 0 amide bonds. The van der Waals surface area contributed by atoms with Gasteiger partial charge in [0, 0.05) is 10.6 Å². The first kappa shape index (κ1) is 14.4. The van der Waals surface area contributed by atoms with Gasteiger partial charge in [-0.1, -0.05) is 29.8 Å². The van der Waals surface area contributed by atoms with Crippen LogP contribution in [0.1, 0.15) is 27.7 Å². The average Bonchev–Trinajstić information content (AvgIpc) is 2.97. The molecule has 0 saturated carbocycles. The van der Waals surface area contributed by atoms with E-state index in [-0.39, 0.29) is 22.7 Å². The third-order valence-electron chi connectivity index (χ3n) is 3.18. The molecule has 3 rings (SSSR count). The van der Waals surface area contributed by atoms with Crippen molar-refractivity contribution in [2.75, 3.05) is 0 Å². The summed E-state index contributed by atoms with van der Waals surface area (Å²) in [5.74, 6) is -0.950. The van der Waals surface area contributed by atoms with Gasteiger partial charge in [0.2, 0.25) is 6.23 Å². The lowest BCUT2D eigenvalue weighted by molar-refractivity contribution is 0.0377. The van der Waals surface area contributed by atoms with Crippen LogP contribution in [-0.4, -0.2) is 22.0 Å². The summed E-state index contributed by atoms with van der Waals surface area (Å²) in [6, 6.07) is 11.0. The number of aliphatic imine (C=N–C) groups is 1. The summed E-state index contributed by atoms with van der Waals surface area (Å²) in [6.45, 7) is 0. The van der Waals surface area contributed by atoms with E-state index in [1.807, 2.05) is 0 Å². The molecule has 2 aromatic rings. The molecular formula is C15H11ClN2O4. The van der Waals surface area contributed by atoms with Gasteiger partial charge in [-0.3, -0.25) is 0 Å². The summed E-state index contributed by atoms with van der Waals surface area (Å²) < 4.78 is 0. The van der Waals surface area contributed by atoms with Gasteiger partial charge in [-0.2, -0.15) is 0 Å². The fourth-order valence-corrected chi connectivity index (χ4v) is 2.30. The number of carboxylic acids is 1. The molecule has 0 saturated heterocycles. The standard InChI is InChI=1S/C15H11ClN2O4/c16-11-4-2-1-3-9(11)14-17-13(18-22-14)10-7-8(15(20)21)5-6-12(10)19/h1-7,14,19H,(H,17,18)(H,20,21). The smallest absolute Gasteiger partial charge is 0.335 e. The van der Waals surface area contributed by atoms with Crippen LogP contribution in [-0.2, 0) is 4.84 Å². The molecule has 0 radical (unpaired) electrons. The van der Waals surface area contributed by atoms with Crippen molar-refractivity contribution >= 4 is 23.4 Å². The number of hydrogen-bond donors (Lipinski definition) is 3. The first-order valence-corrected chi connectivity index (χ1v) is 6.74. The maximum atomic E-state index is 11.0. The molecule has 6 nitrogen and oxygen atoms in total. The van der Waals surface area contributed by atoms with Gasteiger partial charge in [0.1, 0.15) is 5.75 Å². The number of hydroxylamine groups is 1. The van der Waals surface area contributed by atoms with E-state index >= 15 is 0 Å². The monoisotopic (exact) mass is 318 g/mol. The number of phenolic OH excluding ortho intramolecular Hbond substituents is 1. The molecule has 0 spiro atoms. The van der Waals surface area contributed by atoms with Crippen molar-refractivity contribution in [3.05, 3.63) is 64.2 Å². The van der Waals surface area contributed by atoms with Gasteiger partial charge in [0.05, 0.1) is 11.1 Å². The molecule has 1 aliphatic heterocycles. The van der Waals surface area contributed by atoms with Crippen molar-refractivity contribution in [1.29, 1.82) is 0 Å². The zero-order valence-corrected chi connectivity index (χ0v) is 11.9. The van der Waals surface area contributed by atoms with Gasteiger partial charge < -0.3 is 10.2 Å². The van der Waals surface area contributed by atoms with E-state index < -0.39 is 12.2 Å². The molecule has 112 valence electrons. The molecule has 3 N–H and O–H groups in total. The van der Waals surface area contributed by atoms with Crippen LogP contribution < -0.4 is 5.48 Å². The maximum absolute atomic E-state index is 11.0. The van der Waals surface area contributed by atoms with Crippen LogP contribution in [0.5, 0.6) is 5.75 Å². The van der Waals surface area contributed by atoms with Gasteiger partial charge in [-0.05, 0) is 24.3 Å². The Morgan fingerprint density at radius 1 is 1.27 bits per heavy atom. The first-order chi connectivity index (χ1) is 10.6. The number of amidine groups is 1. The number of hydrogen-bond acceptors (Lipinski definition) is 5. The number of benzene rings is 2. The number of nitrogens with zero attached hydrogens (tertiary/aromatic N) is 1. The summed E-state index contributed by atoms with van der Waals surface area (Å²) in [4.78, 5) is 20.7. The Labute approximate surface area is 130 Å². The predicted molar refractivity (Wildman–Crippen MR) is 80.0 cm³/mol. The first-order valence-electron chi connectivity index (χ1n) is 6.37. The van der Waals surface area contributed by atoms with Crippen molar-refractivity contribution < 1.29 is 19.8 Å². The summed E-state index contributed by atoms with van der Waals surface area (Å²) in [7, 11) is 0. The summed E-state index contributed by atoms with van der Waals surface area (Å²) in [5, 5.41) is 19.4. The van der Waals surface area contributed by atoms with E-state index in [4.69, 9.17) is 21.5 Å². The number of rotatable bonds is 3. The highest BCUT2D eigenvalue weighted by atomic mass is 35.5. The predicted octanol–water partition coefficient (Wildman–Crippen LogP) is 2.72. The third kappa shape index (κ3) is 2.61. The van der Waals surface area contributed by atoms with Crippen LogP contribution in [0.2, 0.25) is 5.02 Å². The summed E-state index contributed by atoms with van der Waals surface area (Å²) in [5.41, 5.74) is 3.55. The van der Waals surface area contributed by atoms with E-state index in [0.29, 0.717) is 10.6 Å². The molecule has 1 aliphatic rings. The Bertz CT molecular complexity index is 776. The number of nitrogens with one attached hydrogen (secondary N) is 1. The van der Waals surface area contributed by atoms with E-state index in [1.165, 1.54) is 18.2 Å². The van der Waals surface area contributed by atoms with Crippen LogP contribution in [0.15, 0.2) is 47.5 Å². The number of carbonyl (C=O) groups is 1. The summed E-state index contributed by atoms with van der Waals surface area (Å²) in [6.07, 6.45) is -0.670. The van der Waals surface area contributed by atoms with Crippen LogP contribution in [0, 0.1) is 0 Å². The highest BCUT2D eigenvalue weighted by Gasteiger charge is 2.24. The van der Waals surface area contributed by atoms with Gasteiger partial charge in [-0.25, -0.2) is 20.1 Å². The van der Waals surface area contributed by atoms with Gasteiger partial charge in [0.15, 0.2) is 5.84 Å². The number of phenols is 1.